The molecule has 1 atom stereocenters. The first-order valence-corrected chi connectivity index (χ1v) is 5.71. The van der Waals surface area contributed by atoms with E-state index in [0.717, 1.165) is 18.2 Å². The quantitative estimate of drug-likeness (QED) is 0.673. The predicted molar refractivity (Wildman–Crippen MR) is 63.9 cm³/mol. The molecule has 1 unspecified atom stereocenters. The molecule has 5 heteroatoms. The summed E-state index contributed by atoms with van der Waals surface area (Å²) >= 11 is 5.25. The third-order valence-corrected chi connectivity index (χ3v) is 2.70. The second kappa shape index (κ2) is 5.09. The zero-order valence-electron chi connectivity index (χ0n) is 9.62. The van der Waals surface area contributed by atoms with Crippen LogP contribution in [0.3, 0.4) is 0 Å². The Bertz CT molecular complexity index is 233. The first-order valence-electron chi connectivity index (χ1n) is 5.30. The fourth-order valence-corrected chi connectivity index (χ4v) is 2.09. The molecule has 1 aliphatic rings. The van der Waals surface area contributed by atoms with Crippen molar-refractivity contribution < 1.29 is 9.84 Å². The lowest BCUT2D eigenvalue weighted by Crippen LogP contribution is -2.57. The van der Waals surface area contributed by atoms with Crippen LogP contribution in [-0.4, -0.2) is 53.1 Å². The maximum atomic E-state index is 9.14. The van der Waals surface area contributed by atoms with Crippen LogP contribution in [0.25, 0.3) is 0 Å². The van der Waals surface area contributed by atoms with Crippen LogP contribution in [0, 0.1) is 0 Å². The van der Waals surface area contributed by atoms with Gasteiger partial charge in [-0.25, -0.2) is 0 Å². The molecule has 1 fully saturated rings. The summed E-state index contributed by atoms with van der Waals surface area (Å²) in [6, 6.07) is 0. The van der Waals surface area contributed by atoms with Crippen LogP contribution in [0.15, 0.2) is 0 Å². The Hall–Kier alpha value is -0.390. The lowest BCUT2D eigenvalue weighted by molar-refractivity contribution is -0.134. The van der Waals surface area contributed by atoms with E-state index in [4.69, 9.17) is 22.1 Å². The molecule has 0 aromatic carbocycles. The standard InChI is InChI=1S/C10H20N2O2S/c1-4-11-9(15)12-5-8(6-13)14-10(2,3)7-12/h8,13H,4-7H2,1-3H3,(H,11,15). The van der Waals surface area contributed by atoms with E-state index in [-0.39, 0.29) is 18.3 Å². The number of nitrogens with one attached hydrogen (secondary N) is 1. The monoisotopic (exact) mass is 232 g/mol. The minimum absolute atomic E-state index is 0.0364. The second-order valence-electron chi connectivity index (χ2n) is 4.40. The molecule has 88 valence electrons. The fraction of sp³-hybridized carbons (Fsp3) is 0.900. The van der Waals surface area contributed by atoms with Gasteiger partial charge < -0.3 is 20.1 Å². The van der Waals surface area contributed by atoms with Crippen molar-refractivity contribution in [3.63, 3.8) is 0 Å². The molecule has 1 aliphatic heterocycles. The topological polar surface area (TPSA) is 44.7 Å². The smallest absolute Gasteiger partial charge is 0.169 e. The van der Waals surface area contributed by atoms with Crippen LogP contribution in [-0.2, 0) is 4.74 Å². The van der Waals surface area contributed by atoms with Gasteiger partial charge in [0.25, 0.3) is 0 Å². The highest BCUT2D eigenvalue weighted by Crippen LogP contribution is 2.20. The van der Waals surface area contributed by atoms with E-state index in [1.165, 1.54) is 0 Å². The van der Waals surface area contributed by atoms with Gasteiger partial charge in [0.15, 0.2) is 5.11 Å². The normalized spacial score (nSPS) is 25.1. The van der Waals surface area contributed by atoms with E-state index >= 15 is 0 Å². The number of thiocarbonyl (C=S) groups is 1. The SMILES string of the molecule is CCNC(=S)N1CC(CO)OC(C)(C)C1. The highest BCUT2D eigenvalue weighted by molar-refractivity contribution is 7.80. The number of aliphatic hydroxyl groups excluding tert-OH is 1. The molecule has 0 aromatic rings. The van der Waals surface area contributed by atoms with E-state index in [1.807, 2.05) is 20.8 Å². The molecule has 1 saturated heterocycles. The summed E-state index contributed by atoms with van der Waals surface area (Å²) in [4.78, 5) is 2.06. The fourth-order valence-electron chi connectivity index (χ4n) is 1.81. The average Bonchev–Trinajstić information content (AvgIpc) is 2.15. The van der Waals surface area contributed by atoms with Gasteiger partial charge in [-0.05, 0) is 33.0 Å². The number of rotatable bonds is 2. The number of hydrogen-bond donors (Lipinski definition) is 2. The van der Waals surface area contributed by atoms with E-state index < -0.39 is 0 Å². The molecule has 0 spiro atoms. The number of nitrogens with zero attached hydrogens (tertiary/aromatic N) is 1. The van der Waals surface area contributed by atoms with Crippen molar-refractivity contribution >= 4 is 17.3 Å². The summed E-state index contributed by atoms with van der Waals surface area (Å²) in [5, 5.41) is 13.0. The first-order chi connectivity index (χ1) is 6.98. The van der Waals surface area contributed by atoms with Crippen LogP contribution in [0.2, 0.25) is 0 Å². The first kappa shape index (κ1) is 12.7. The van der Waals surface area contributed by atoms with Crippen molar-refractivity contribution in [3.8, 4) is 0 Å². The van der Waals surface area contributed by atoms with Crippen LogP contribution in [0.4, 0.5) is 0 Å². The Morgan fingerprint density at radius 2 is 2.33 bits per heavy atom. The summed E-state index contributed by atoms with van der Waals surface area (Å²) in [6.07, 6.45) is -0.148. The van der Waals surface area contributed by atoms with Crippen molar-refractivity contribution in [1.29, 1.82) is 0 Å². The van der Waals surface area contributed by atoms with E-state index in [0.29, 0.717) is 6.54 Å². The van der Waals surface area contributed by atoms with Crippen LogP contribution >= 0.6 is 12.2 Å². The molecule has 1 heterocycles. The van der Waals surface area contributed by atoms with Crippen molar-refractivity contribution in [2.75, 3.05) is 26.2 Å². The van der Waals surface area contributed by atoms with Crippen molar-refractivity contribution in [2.45, 2.75) is 32.5 Å². The van der Waals surface area contributed by atoms with Gasteiger partial charge in [0, 0.05) is 19.6 Å². The Labute approximate surface area is 96.6 Å². The number of ether oxygens (including phenoxy) is 1. The number of morpholine rings is 1. The van der Waals surface area contributed by atoms with Crippen molar-refractivity contribution in [2.24, 2.45) is 0 Å². The Morgan fingerprint density at radius 1 is 1.67 bits per heavy atom. The molecule has 0 aliphatic carbocycles. The van der Waals surface area contributed by atoms with Crippen LogP contribution in [0.1, 0.15) is 20.8 Å². The molecule has 0 bridgehead atoms. The summed E-state index contributed by atoms with van der Waals surface area (Å²) in [5.74, 6) is 0. The van der Waals surface area contributed by atoms with Crippen LogP contribution in [0.5, 0.6) is 0 Å². The molecule has 0 radical (unpaired) electrons. The summed E-state index contributed by atoms with van der Waals surface area (Å²) in [7, 11) is 0. The van der Waals surface area contributed by atoms with Gasteiger partial charge in [0.2, 0.25) is 0 Å². The minimum atomic E-state index is -0.259. The van der Waals surface area contributed by atoms with Gasteiger partial charge in [-0.3, -0.25) is 0 Å². The molecule has 2 N–H and O–H groups in total. The minimum Gasteiger partial charge on any atom is -0.394 e. The van der Waals surface area contributed by atoms with Crippen molar-refractivity contribution in [1.82, 2.24) is 10.2 Å². The van der Waals surface area contributed by atoms with Crippen LogP contribution < -0.4 is 5.32 Å². The summed E-state index contributed by atoms with van der Waals surface area (Å²) < 4.78 is 5.70. The van der Waals surface area contributed by atoms with Gasteiger partial charge in [0.05, 0.1) is 18.3 Å². The molecule has 0 saturated carbocycles. The Morgan fingerprint density at radius 3 is 2.87 bits per heavy atom. The Kier molecular flexibility index (Phi) is 4.31. The molecule has 0 aromatic heterocycles. The van der Waals surface area contributed by atoms with E-state index in [2.05, 4.69) is 10.2 Å². The maximum Gasteiger partial charge on any atom is 0.169 e. The third-order valence-electron chi connectivity index (χ3n) is 2.30. The Balaban J connectivity index is 2.61. The highest BCUT2D eigenvalue weighted by atomic mass is 32.1. The summed E-state index contributed by atoms with van der Waals surface area (Å²) in [6.45, 7) is 8.31. The predicted octanol–water partition coefficient (Wildman–Crippen LogP) is 0.353. The zero-order valence-corrected chi connectivity index (χ0v) is 10.4. The largest absolute Gasteiger partial charge is 0.394 e. The maximum absolute atomic E-state index is 9.14. The molecular weight excluding hydrogens is 212 g/mol. The second-order valence-corrected chi connectivity index (χ2v) is 4.78. The molecule has 15 heavy (non-hydrogen) atoms. The number of hydrogen-bond acceptors (Lipinski definition) is 3. The highest BCUT2D eigenvalue weighted by Gasteiger charge is 2.33. The summed E-state index contributed by atoms with van der Waals surface area (Å²) in [5.41, 5.74) is -0.259. The number of aliphatic hydroxyl groups is 1. The lowest BCUT2D eigenvalue weighted by Gasteiger charge is -2.43. The lowest BCUT2D eigenvalue weighted by atomic mass is 10.1. The molecule has 4 nitrogen and oxygen atoms in total. The molecule has 0 amide bonds. The molecular formula is C10H20N2O2S. The average molecular weight is 232 g/mol. The van der Waals surface area contributed by atoms with Gasteiger partial charge in [0.1, 0.15) is 0 Å². The van der Waals surface area contributed by atoms with Crippen molar-refractivity contribution in [3.05, 3.63) is 0 Å². The zero-order chi connectivity index (χ0) is 11.5. The van der Waals surface area contributed by atoms with Gasteiger partial charge in [-0.2, -0.15) is 0 Å². The van der Waals surface area contributed by atoms with E-state index in [1.54, 1.807) is 0 Å². The van der Waals surface area contributed by atoms with Gasteiger partial charge >= 0.3 is 0 Å². The van der Waals surface area contributed by atoms with E-state index in [9.17, 15) is 0 Å². The third kappa shape index (κ3) is 3.59. The van der Waals surface area contributed by atoms with Gasteiger partial charge in [-0.15, -0.1) is 0 Å². The molecule has 1 rings (SSSR count). The van der Waals surface area contributed by atoms with Gasteiger partial charge in [-0.1, -0.05) is 0 Å².